The predicted octanol–water partition coefficient (Wildman–Crippen LogP) is 2.94. The lowest BCUT2D eigenvalue weighted by atomic mass is 10.0. The first-order chi connectivity index (χ1) is 11.6. The highest BCUT2D eigenvalue weighted by atomic mass is 16.2. The third-order valence-corrected chi connectivity index (χ3v) is 4.50. The first-order valence-electron chi connectivity index (χ1n) is 8.56. The molecule has 3 rings (SSSR count). The van der Waals surface area contributed by atoms with E-state index in [0.717, 1.165) is 31.4 Å². The summed E-state index contributed by atoms with van der Waals surface area (Å²) in [7, 11) is 0. The van der Waals surface area contributed by atoms with Crippen LogP contribution in [0.15, 0.2) is 41.2 Å². The number of benzene rings is 1. The molecule has 0 saturated carbocycles. The van der Waals surface area contributed by atoms with Gasteiger partial charge in [0.2, 0.25) is 0 Å². The Kier molecular flexibility index (Phi) is 4.79. The van der Waals surface area contributed by atoms with Crippen LogP contribution in [0.25, 0.3) is 0 Å². The van der Waals surface area contributed by atoms with Crippen molar-refractivity contribution < 1.29 is 4.79 Å². The third kappa shape index (κ3) is 3.25. The standard InChI is InChI=1S/C19H23N3O2/c1-3-12-22-18(23)11-10-16(20-22)19(24)21-13-4-5-17(21)15-8-6-14(2)7-9-15/h6-11,17H,3-5,12-13H2,1-2H3. The van der Waals surface area contributed by atoms with Crippen LogP contribution in [0.2, 0.25) is 0 Å². The molecule has 1 fully saturated rings. The van der Waals surface area contributed by atoms with Crippen LogP contribution in [-0.4, -0.2) is 27.1 Å². The number of aryl methyl sites for hydroxylation is 2. The molecule has 1 atom stereocenters. The summed E-state index contributed by atoms with van der Waals surface area (Å²) in [6.45, 7) is 5.30. The first kappa shape index (κ1) is 16.4. The van der Waals surface area contributed by atoms with Crippen molar-refractivity contribution >= 4 is 5.91 Å². The summed E-state index contributed by atoms with van der Waals surface area (Å²) < 4.78 is 1.38. The van der Waals surface area contributed by atoms with Crippen LogP contribution < -0.4 is 5.56 Å². The molecule has 0 N–H and O–H groups in total. The summed E-state index contributed by atoms with van der Waals surface area (Å²) >= 11 is 0. The van der Waals surface area contributed by atoms with Gasteiger partial charge in [-0.05, 0) is 37.8 Å². The second kappa shape index (κ2) is 6.99. The zero-order valence-corrected chi connectivity index (χ0v) is 14.2. The molecule has 1 aliphatic heterocycles. The van der Waals surface area contributed by atoms with Gasteiger partial charge in [0.15, 0.2) is 0 Å². The molecule has 2 heterocycles. The van der Waals surface area contributed by atoms with Gasteiger partial charge in [0.25, 0.3) is 11.5 Å². The Labute approximate surface area is 141 Å². The van der Waals surface area contributed by atoms with E-state index < -0.39 is 0 Å². The van der Waals surface area contributed by atoms with Crippen LogP contribution in [0.1, 0.15) is 53.8 Å². The largest absolute Gasteiger partial charge is 0.330 e. The van der Waals surface area contributed by atoms with Crippen LogP contribution in [0, 0.1) is 6.92 Å². The predicted molar refractivity (Wildman–Crippen MR) is 93.0 cm³/mol. The zero-order chi connectivity index (χ0) is 17.1. The highest BCUT2D eigenvalue weighted by molar-refractivity contribution is 5.92. The maximum absolute atomic E-state index is 12.9. The van der Waals surface area contributed by atoms with Gasteiger partial charge in [0.05, 0.1) is 6.04 Å². The second-order valence-electron chi connectivity index (χ2n) is 6.35. The fourth-order valence-corrected chi connectivity index (χ4v) is 3.23. The number of carbonyl (C=O) groups excluding carboxylic acids is 1. The fraction of sp³-hybridized carbons (Fsp3) is 0.421. The summed E-state index contributed by atoms with van der Waals surface area (Å²) in [5.41, 5.74) is 2.56. The SMILES string of the molecule is CCCn1nc(C(=O)N2CCCC2c2ccc(C)cc2)ccc1=O. The van der Waals surface area contributed by atoms with Crippen molar-refractivity contribution in [2.24, 2.45) is 0 Å². The summed E-state index contributed by atoms with van der Waals surface area (Å²) in [6, 6.07) is 11.4. The van der Waals surface area contributed by atoms with E-state index in [0.29, 0.717) is 12.2 Å². The Morgan fingerprint density at radius 2 is 1.96 bits per heavy atom. The van der Waals surface area contributed by atoms with Crippen LogP contribution in [0.4, 0.5) is 0 Å². The molecule has 1 amide bonds. The fourth-order valence-electron chi connectivity index (χ4n) is 3.23. The molecule has 1 aromatic heterocycles. The van der Waals surface area contributed by atoms with Crippen molar-refractivity contribution in [1.82, 2.24) is 14.7 Å². The second-order valence-corrected chi connectivity index (χ2v) is 6.35. The van der Waals surface area contributed by atoms with Gasteiger partial charge >= 0.3 is 0 Å². The van der Waals surface area contributed by atoms with E-state index in [1.165, 1.54) is 16.3 Å². The molecule has 0 aliphatic carbocycles. The summed E-state index contributed by atoms with van der Waals surface area (Å²) in [6.07, 6.45) is 2.75. The quantitative estimate of drug-likeness (QED) is 0.868. The molecule has 2 aromatic rings. The number of amides is 1. The minimum atomic E-state index is -0.162. The normalized spacial score (nSPS) is 17.2. The van der Waals surface area contributed by atoms with Gasteiger partial charge in [-0.2, -0.15) is 5.10 Å². The minimum Gasteiger partial charge on any atom is -0.330 e. The highest BCUT2D eigenvalue weighted by Crippen LogP contribution is 2.32. The van der Waals surface area contributed by atoms with Crippen LogP contribution in [-0.2, 0) is 6.54 Å². The number of rotatable bonds is 4. The summed E-state index contributed by atoms with van der Waals surface area (Å²) in [5.74, 6) is -0.0945. The van der Waals surface area contributed by atoms with Crippen molar-refractivity contribution in [3.8, 4) is 0 Å². The van der Waals surface area contributed by atoms with E-state index in [4.69, 9.17) is 0 Å². The van der Waals surface area contributed by atoms with Gasteiger partial charge in [-0.15, -0.1) is 0 Å². The van der Waals surface area contributed by atoms with Gasteiger partial charge < -0.3 is 4.90 Å². The molecule has 1 aromatic carbocycles. The van der Waals surface area contributed by atoms with Crippen molar-refractivity contribution in [3.05, 3.63) is 63.6 Å². The molecule has 0 spiro atoms. The monoisotopic (exact) mass is 325 g/mol. The van der Waals surface area contributed by atoms with E-state index in [1.807, 2.05) is 11.8 Å². The van der Waals surface area contributed by atoms with E-state index in [2.05, 4.69) is 36.3 Å². The average molecular weight is 325 g/mol. The Morgan fingerprint density at radius 3 is 2.67 bits per heavy atom. The van der Waals surface area contributed by atoms with Gasteiger partial charge in [0, 0.05) is 19.2 Å². The number of carbonyl (C=O) groups is 1. The average Bonchev–Trinajstić information content (AvgIpc) is 3.07. The lowest BCUT2D eigenvalue weighted by Gasteiger charge is -2.25. The van der Waals surface area contributed by atoms with Crippen LogP contribution in [0.5, 0.6) is 0 Å². The van der Waals surface area contributed by atoms with Crippen molar-refractivity contribution in [2.75, 3.05) is 6.54 Å². The smallest absolute Gasteiger partial charge is 0.274 e. The summed E-state index contributed by atoms with van der Waals surface area (Å²) in [4.78, 5) is 26.6. The molecule has 24 heavy (non-hydrogen) atoms. The van der Waals surface area contributed by atoms with Crippen molar-refractivity contribution in [2.45, 2.75) is 45.7 Å². The molecule has 1 unspecified atom stereocenters. The number of hydrogen-bond acceptors (Lipinski definition) is 3. The van der Waals surface area contributed by atoms with Crippen molar-refractivity contribution in [1.29, 1.82) is 0 Å². The van der Waals surface area contributed by atoms with E-state index in [9.17, 15) is 9.59 Å². The topological polar surface area (TPSA) is 55.2 Å². The first-order valence-corrected chi connectivity index (χ1v) is 8.56. The van der Waals surface area contributed by atoms with Gasteiger partial charge in [0.1, 0.15) is 5.69 Å². The van der Waals surface area contributed by atoms with Crippen LogP contribution >= 0.6 is 0 Å². The number of aromatic nitrogens is 2. The highest BCUT2D eigenvalue weighted by Gasteiger charge is 2.31. The molecule has 5 nitrogen and oxygen atoms in total. The van der Waals surface area contributed by atoms with E-state index in [1.54, 1.807) is 6.07 Å². The molecule has 1 aliphatic rings. The number of nitrogens with zero attached hydrogens (tertiary/aromatic N) is 3. The van der Waals surface area contributed by atoms with Crippen LogP contribution in [0.3, 0.4) is 0 Å². The van der Waals surface area contributed by atoms with Crippen molar-refractivity contribution in [3.63, 3.8) is 0 Å². The number of likely N-dealkylation sites (tertiary alicyclic amines) is 1. The Hall–Kier alpha value is -2.43. The maximum atomic E-state index is 12.9. The molecule has 0 bridgehead atoms. The molecular weight excluding hydrogens is 302 g/mol. The Balaban J connectivity index is 1.87. The molecule has 0 radical (unpaired) electrons. The van der Waals surface area contributed by atoms with E-state index in [-0.39, 0.29) is 17.5 Å². The molecule has 126 valence electrons. The Morgan fingerprint density at radius 1 is 1.21 bits per heavy atom. The zero-order valence-electron chi connectivity index (χ0n) is 14.2. The lowest BCUT2D eigenvalue weighted by Crippen LogP contribution is -2.33. The number of hydrogen-bond donors (Lipinski definition) is 0. The van der Waals surface area contributed by atoms with E-state index >= 15 is 0 Å². The Bertz CT molecular complexity index is 780. The molecular formula is C19H23N3O2. The maximum Gasteiger partial charge on any atom is 0.274 e. The molecule has 1 saturated heterocycles. The van der Waals surface area contributed by atoms with Gasteiger partial charge in [-0.25, -0.2) is 4.68 Å². The summed E-state index contributed by atoms with van der Waals surface area (Å²) in [5, 5.41) is 4.26. The van der Waals surface area contributed by atoms with Gasteiger partial charge in [-0.1, -0.05) is 36.8 Å². The molecule has 5 heteroatoms. The van der Waals surface area contributed by atoms with Gasteiger partial charge in [-0.3, -0.25) is 9.59 Å². The third-order valence-electron chi connectivity index (χ3n) is 4.50. The lowest BCUT2D eigenvalue weighted by molar-refractivity contribution is 0.0726. The minimum absolute atomic E-state index is 0.0893.